The Morgan fingerprint density at radius 3 is 1.31 bits per heavy atom. The molecule has 6 rings (SSSR count). The van der Waals surface area contributed by atoms with Gasteiger partial charge in [0.2, 0.25) is 0 Å². The van der Waals surface area contributed by atoms with Crippen LogP contribution < -0.4 is 0 Å². The minimum Gasteiger partial charge on any atom is -0.256 e. The molecule has 0 unspecified atom stereocenters. The van der Waals surface area contributed by atoms with Gasteiger partial charge in [0, 0.05) is 23.5 Å². The van der Waals surface area contributed by atoms with Crippen LogP contribution in [0.2, 0.25) is 0 Å². The van der Waals surface area contributed by atoms with Crippen LogP contribution >= 0.6 is 0 Å². The van der Waals surface area contributed by atoms with Gasteiger partial charge in [-0.2, -0.15) is 0 Å². The van der Waals surface area contributed by atoms with Crippen molar-refractivity contribution in [3.8, 4) is 55.9 Å². The summed E-state index contributed by atoms with van der Waals surface area (Å²) in [5, 5.41) is 0. The van der Waals surface area contributed by atoms with Crippen LogP contribution in [0.15, 0.2) is 146 Å². The van der Waals surface area contributed by atoms with E-state index in [0.29, 0.717) is 0 Å². The molecule has 0 atom stereocenters. The highest BCUT2D eigenvalue weighted by atomic mass is 14.7. The summed E-state index contributed by atoms with van der Waals surface area (Å²) in [5.74, 6) is 0. The van der Waals surface area contributed by atoms with Crippen LogP contribution in [0.3, 0.4) is 0 Å². The van der Waals surface area contributed by atoms with Gasteiger partial charge in [0.05, 0.1) is 11.4 Å². The minimum atomic E-state index is 0.968. The molecule has 2 nitrogen and oxygen atoms in total. The maximum Gasteiger partial charge on any atom is 0.0702 e. The maximum absolute atomic E-state index is 4.62. The van der Waals surface area contributed by atoms with Crippen molar-refractivity contribution in [3.63, 3.8) is 0 Å². The molecule has 6 aromatic rings. The molecule has 2 heteroatoms. The fourth-order valence-electron chi connectivity index (χ4n) is 4.54. The normalized spacial score (nSPS) is 10.8. The highest BCUT2D eigenvalue weighted by molar-refractivity contribution is 5.82. The molecule has 0 radical (unpaired) electrons. The molecule has 0 saturated heterocycles. The average Bonchev–Trinajstić information content (AvgIpc) is 2.98. The SMILES string of the molecule is c1ccc(-c2cc(-c3cccc(-c4cccc(-c5ccccn5)c4)c3)cc(-c3ccccn3)c2)cc1. The van der Waals surface area contributed by atoms with Crippen LogP contribution in [0.4, 0.5) is 0 Å². The first-order valence-corrected chi connectivity index (χ1v) is 12.1. The molecule has 0 spiro atoms. The first kappa shape index (κ1) is 21.7. The van der Waals surface area contributed by atoms with Crippen molar-refractivity contribution in [2.24, 2.45) is 0 Å². The van der Waals surface area contributed by atoms with Crippen LogP contribution in [-0.2, 0) is 0 Å². The van der Waals surface area contributed by atoms with Gasteiger partial charge in [0.1, 0.15) is 0 Å². The summed E-state index contributed by atoms with van der Waals surface area (Å²) >= 11 is 0. The first-order valence-electron chi connectivity index (χ1n) is 12.1. The molecular formula is C34H24N2. The first-order chi connectivity index (χ1) is 17.8. The van der Waals surface area contributed by atoms with Gasteiger partial charge in [-0.25, -0.2) is 0 Å². The van der Waals surface area contributed by atoms with Crippen LogP contribution in [0, 0.1) is 0 Å². The van der Waals surface area contributed by atoms with Crippen molar-refractivity contribution >= 4 is 0 Å². The van der Waals surface area contributed by atoms with E-state index in [1.165, 1.54) is 33.4 Å². The second-order valence-corrected chi connectivity index (χ2v) is 8.76. The van der Waals surface area contributed by atoms with Gasteiger partial charge in [-0.1, -0.05) is 78.9 Å². The number of hydrogen-bond acceptors (Lipinski definition) is 2. The van der Waals surface area contributed by atoms with Gasteiger partial charge in [-0.15, -0.1) is 0 Å². The Balaban J connectivity index is 1.45. The topological polar surface area (TPSA) is 25.8 Å². The highest BCUT2D eigenvalue weighted by Gasteiger charge is 2.10. The monoisotopic (exact) mass is 460 g/mol. The van der Waals surface area contributed by atoms with Gasteiger partial charge < -0.3 is 0 Å². The molecule has 0 fully saturated rings. The Morgan fingerprint density at radius 2 is 0.694 bits per heavy atom. The molecule has 36 heavy (non-hydrogen) atoms. The molecular weight excluding hydrogens is 436 g/mol. The lowest BCUT2D eigenvalue weighted by atomic mass is 9.93. The van der Waals surface area contributed by atoms with E-state index < -0.39 is 0 Å². The molecule has 2 aromatic heterocycles. The number of benzene rings is 4. The summed E-state index contributed by atoms with van der Waals surface area (Å²) in [6.07, 6.45) is 3.68. The number of pyridine rings is 2. The fraction of sp³-hybridized carbons (Fsp3) is 0. The van der Waals surface area contributed by atoms with Gasteiger partial charge in [-0.3, -0.25) is 9.97 Å². The Morgan fingerprint density at radius 1 is 0.278 bits per heavy atom. The Kier molecular flexibility index (Phi) is 5.91. The number of rotatable bonds is 5. The van der Waals surface area contributed by atoms with Crippen molar-refractivity contribution in [2.45, 2.75) is 0 Å². The van der Waals surface area contributed by atoms with Gasteiger partial charge in [0.25, 0.3) is 0 Å². The van der Waals surface area contributed by atoms with E-state index in [4.69, 9.17) is 0 Å². The van der Waals surface area contributed by atoms with Crippen LogP contribution in [0.25, 0.3) is 55.9 Å². The molecule has 4 aromatic carbocycles. The lowest BCUT2D eigenvalue weighted by Crippen LogP contribution is -1.88. The second kappa shape index (κ2) is 9.81. The summed E-state index contributed by atoms with van der Waals surface area (Å²) in [5.41, 5.74) is 11.2. The highest BCUT2D eigenvalue weighted by Crippen LogP contribution is 2.34. The summed E-state index contributed by atoms with van der Waals surface area (Å²) in [7, 11) is 0. The van der Waals surface area contributed by atoms with Crippen molar-refractivity contribution in [1.29, 1.82) is 0 Å². The zero-order valence-electron chi connectivity index (χ0n) is 19.8. The summed E-state index contributed by atoms with van der Waals surface area (Å²) in [6.45, 7) is 0. The quantitative estimate of drug-likeness (QED) is 0.257. The molecule has 0 amide bonds. The van der Waals surface area contributed by atoms with Gasteiger partial charge in [0.15, 0.2) is 0 Å². The molecule has 2 heterocycles. The lowest BCUT2D eigenvalue weighted by Gasteiger charge is -2.12. The van der Waals surface area contributed by atoms with E-state index in [1.54, 1.807) is 0 Å². The smallest absolute Gasteiger partial charge is 0.0702 e. The van der Waals surface area contributed by atoms with E-state index in [2.05, 4.69) is 113 Å². The number of aromatic nitrogens is 2. The number of hydrogen-bond donors (Lipinski definition) is 0. The molecule has 0 saturated carbocycles. The van der Waals surface area contributed by atoms with Crippen LogP contribution in [-0.4, -0.2) is 9.97 Å². The average molecular weight is 461 g/mol. The van der Waals surface area contributed by atoms with Crippen molar-refractivity contribution < 1.29 is 0 Å². The van der Waals surface area contributed by atoms with E-state index >= 15 is 0 Å². The molecule has 0 bridgehead atoms. The zero-order chi connectivity index (χ0) is 24.2. The molecule has 0 aliphatic carbocycles. The predicted molar refractivity (Wildman–Crippen MR) is 149 cm³/mol. The number of nitrogens with zero attached hydrogens (tertiary/aromatic N) is 2. The lowest BCUT2D eigenvalue weighted by molar-refractivity contribution is 1.33. The van der Waals surface area contributed by atoms with E-state index in [1.807, 2.05) is 42.7 Å². The second-order valence-electron chi connectivity index (χ2n) is 8.76. The van der Waals surface area contributed by atoms with Crippen molar-refractivity contribution in [3.05, 3.63) is 146 Å². The van der Waals surface area contributed by atoms with Crippen LogP contribution in [0.1, 0.15) is 0 Å². The zero-order valence-corrected chi connectivity index (χ0v) is 19.8. The van der Waals surface area contributed by atoms with Gasteiger partial charge in [-0.05, 0) is 88.0 Å². The largest absolute Gasteiger partial charge is 0.256 e. The Labute approximate surface area is 211 Å². The summed E-state index contributed by atoms with van der Waals surface area (Å²) < 4.78 is 0. The van der Waals surface area contributed by atoms with Crippen LogP contribution in [0.5, 0.6) is 0 Å². The minimum absolute atomic E-state index is 0.968. The van der Waals surface area contributed by atoms with Gasteiger partial charge >= 0.3 is 0 Å². The Bertz CT molecular complexity index is 1550. The Hall–Kier alpha value is -4.82. The summed E-state index contributed by atoms with van der Waals surface area (Å²) in [4.78, 5) is 9.14. The third-order valence-corrected chi connectivity index (χ3v) is 6.35. The predicted octanol–water partition coefficient (Wildman–Crippen LogP) is 8.81. The van der Waals surface area contributed by atoms with Crippen molar-refractivity contribution in [1.82, 2.24) is 9.97 Å². The molecule has 0 N–H and O–H groups in total. The maximum atomic E-state index is 4.62. The molecule has 0 aliphatic heterocycles. The molecule has 170 valence electrons. The van der Waals surface area contributed by atoms with E-state index in [-0.39, 0.29) is 0 Å². The fourth-order valence-corrected chi connectivity index (χ4v) is 4.54. The third-order valence-electron chi connectivity index (χ3n) is 6.35. The van der Waals surface area contributed by atoms with Crippen molar-refractivity contribution in [2.75, 3.05) is 0 Å². The third kappa shape index (κ3) is 4.57. The summed E-state index contributed by atoms with van der Waals surface area (Å²) in [6, 6.07) is 46.6. The standard InChI is InChI=1S/C34H24N2/c1-2-10-25(11-3-1)30-22-31(24-32(23-30)34-17-5-7-19-36-34)28-14-8-12-26(20-28)27-13-9-15-29(21-27)33-16-4-6-18-35-33/h1-24H. The molecule has 0 aliphatic rings. The van der Waals surface area contributed by atoms with E-state index in [0.717, 1.165) is 22.5 Å². The van der Waals surface area contributed by atoms with E-state index in [9.17, 15) is 0 Å².